The molecule has 0 radical (unpaired) electrons. The summed E-state index contributed by atoms with van der Waals surface area (Å²) in [5.41, 5.74) is 2.26. The van der Waals surface area contributed by atoms with Crippen LogP contribution >= 0.6 is 0 Å². The third-order valence-electron chi connectivity index (χ3n) is 3.47. The predicted molar refractivity (Wildman–Crippen MR) is 70.7 cm³/mol. The molecule has 0 atom stereocenters. The Bertz CT molecular complexity index is 479. The largest absolute Gasteiger partial charge is 0.277 e. The first-order valence-electron chi connectivity index (χ1n) is 6.60. The Morgan fingerprint density at radius 2 is 1.72 bits per heavy atom. The smallest absolute Gasteiger partial charge is 0.261 e. The first kappa shape index (κ1) is 12.8. The summed E-state index contributed by atoms with van der Waals surface area (Å²) < 4.78 is 0. The van der Waals surface area contributed by atoms with Crippen molar-refractivity contribution >= 4 is 11.8 Å². The zero-order valence-corrected chi connectivity index (χ0v) is 11.0. The Balaban J connectivity index is 2.09. The number of unbranched alkanes of at least 4 members (excludes halogenated alkanes) is 3. The Morgan fingerprint density at radius 1 is 1.00 bits per heavy atom. The molecule has 0 bridgehead atoms. The molecular weight excluding hydrogens is 226 g/mol. The second-order valence-electron chi connectivity index (χ2n) is 4.86. The molecule has 96 valence electrons. The molecule has 1 aromatic carbocycles. The molecule has 0 aliphatic carbocycles. The lowest BCUT2D eigenvalue weighted by Crippen LogP contribution is -2.24. The van der Waals surface area contributed by atoms with Gasteiger partial charge in [-0.3, -0.25) is 14.5 Å². The normalized spacial score (nSPS) is 14.2. The second-order valence-corrected chi connectivity index (χ2v) is 4.86. The quantitative estimate of drug-likeness (QED) is 0.590. The number of fused-ring (bicyclic) bond motifs is 1. The Hall–Kier alpha value is -1.64. The number of imide groups is 1. The van der Waals surface area contributed by atoms with Crippen LogP contribution in [0.5, 0.6) is 0 Å². The molecule has 1 heterocycles. The Kier molecular flexibility index (Phi) is 3.80. The summed E-state index contributed by atoms with van der Waals surface area (Å²) in [6.07, 6.45) is 5.83. The van der Waals surface area contributed by atoms with Gasteiger partial charge in [-0.25, -0.2) is 0 Å². The van der Waals surface area contributed by atoms with E-state index in [9.17, 15) is 9.59 Å². The summed E-state index contributed by atoms with van der Waals surface area (Å²) in [7, 11) is 1.53. The van der Waals surface area contributed by atoms with Gasteiger partial charge in [0.1, 0.15) is 0 Å². The first-order valence-corrected chi connectivity index (χ1v) is 6.60. The maximum atomic E-state index is 11.8. The van der Waals surface area contributed by atoms with Gasteiger partial charge < -0.3 is 0 Å². The van der Waals surface area contributed by atoms with E-state index in [0.29, 0.717) is 11.1 Å². The number of hydrogen-bond acceptors (Lipinski definition) is 2. The van der Waals surface area contributed by atoms with Gasteiger partial charge >= 0.3 is 0 Å². The van der Waals surface area contributed by atoms with Crippen molar-refractivity contribution in [3.8, 4) is 0 Å². The van der Waals surface area contributed by atoms with Gasteiger partial charge in [-0.1, -0.05) is 32.3 Å². The van der Waals surface area contributed by atoms with Crippen LogP contribution in [0, 0.1) is 0 Å². The summed E-state index contributed by atoms with van der Waals surface area (Å²) >= 11 is 0. The third kappa shape index (κ3) is 2.30. The number of carbonyl (C=O) groups excluding carboxylic acids is 2. The van der Waals surface area contributed by atoms with E-state index >= 15 is 0 Å². The van der Waals surface area contributed by atoms with Crippen molar-refractivity contribution in [2.24, 2.45) is 0 Å². The summed E-state index contributed by atoms with van der Waals surface area (Å²) in [5.74, 6) is -0.363. The zero-order valence-electron chi connectivity index (χ0n) is 11.0. The van der Waals surface area contributed by atoms with Gasteiger partial charge in [-0.05, 0) is 30.5 Å². The molecule has 0 spiro atoms. The molecule has 0 saturated carbocycles. The molecule has 3 nitrogen and oxygen atoms in total. The molecule has 2 rings (SSSR count). The molecule has 18 heavy (non-hydrogen) atoms. The monoisotopic (exact) mass is 245 g/mol. The van der Waals surface area contributed by atoms with Gasteiger partial charge in [-0.15, -0.1) is 0 Å². The van der Waals surface area contributed by atoms with Crippen LogP contribution in [-0.2, 0) is 6.42 Å². The van der Waals surface area contributed by atoms with Crippen LogP contribution in [0.2, 0.25) is 0 Å². The van der Waals surface area contributed by atoms with Crippen LogP contribution in [0.1, 0.15) is 58.9 Å². The summed E-state index contributed by atoms with van der Waals surface area (Å²) in [5, 5.41) is 0. The van der Waals surface area contributed by atoms with E-state index in [4.69, 9.17) is 0 Å². The highest BCUT2D eigenvalue weighted by atomic mass is 16.2. The lowest BCUT2D eigenvalue weighted by molar-refractivity contribution is 0.0693. The molecular formula is C15H19NO2. The average Bonchev–Trinajstić information content (AvgIpc) is 2.60. The molecule has 2 amide bonds. The standard InChI is InChI=1S/C15H19NO2/c1-3-4-5-6-7-11-8-9-12-13(10-11)15(18)16(2)14(12)17/h8-10H,3-7H2,1-2H3. The number of hydrogen-bond donors (Lipinski definition) is 0. The second kappa shape index (κ2) is 5.34. The fourth-order valence-corrected chi connectivity index (χ4v) is 2.32. The first-order chi connectivity index (χ1) is 8.65. The highest BCUT2D eigenvalue weighted by Crippen LogP contribution is 2.23. The Morgan fingerprint density at radius 3 is 2.44 bits per heavy atom. The molecule has 1 aliphatic heterocycles. The van der Waals surface area contributed by atoms with Crippen molar-refractivity contribution in [1.82, 2.24) is 4.90 Å². The fourth-order valence-electron chi connectivity index (χ4n) is 2.32. The van der Waals surface area contributed by atoms with Gasteiger partial charge in [0.05, 0.1) is 11.1 Å². The number of benzene rings is 1. The van der Waals surface area contributed by atoms with Crippen LogP contribution < -0.4 is 0 Å². The van der Waals surface area contributed by atoms with Crippen molar-refractivity contribution in [2.75, 3.05) is 7.05 Å². The van der Waals surface area contributed by atoms with E-state index in [0.717, 1.165) is 18.4 Å². The van der Waals surface area contributed by atoms with Crippen LogP contribution in [0.15, 0.2) is 18.2 Å². The number of aryl methyl sites for hydroxylation is 1. The predicted octanol–water partition coefficient (Wildman–Crippen LogP) is 3.04. The van der Waals surface area contributed by atoms with Gasteiger partial charge in [0.2, 0.25) is 0 Å². The molecule has 0 unspecified atom stereocenters. The minimum atomic E-state index is -0.187. The lowest BCUT2D eigenvalue weighted by atomic mass is 10.0. The van der Waals surface area contributed by atoms with Crippen LogP contribution in [0.25, 0.3) is 0 Å². The molecule has 1 aromatic rings. The van der Waals surface area contributed by atoms with Gasteiger partial charge in [0.15, 0.2) is 0 Å². The van der Waals surface area contributed by atoms with Crippen LogP contribution in [0.4, 0.5) is 0 Å². The summed E-state index contributed by atoms with van der Waals surface area (Å²) in [4.78, 5) is 24.7. The molecule has 0 aromatic heterocycles. The molecule has 0 saturated heterocycles. The summed E-state index contributed by atoms with van der Waals surface area (Å²) in [6.45, 7) is 2.19. The van der Waals surface area contributed by atoms with E-state index in [2.05, 4.69) is 6.92 Å². The highest BCUT2D eigenvalue weighted by Gasteiger charge is 2.32. The highest BCUT2D eigenvalue weighted by molar-refractivity contribution is 6.21. The molecule has 0 fully saturated rings. The van der Waals surface area contributed by atoms with Crippen molar-refractivity contribution in [1.29, 1.82) is 0 Å². The maximum absolute atomic E-state index is 11.8. The summed E-state index contributed by atoms with van der Waals surface area (Å²) in [6, 6.07) is 5.63. The van der Waals surface area contributed by atoms with Crippen molar-refractivity contribution in [3.05, 3.63) is 34.9 Å². The maximum Gasteiger partial charge on any atom is 0.261 e. The van der Waals surface area contributed by atoms with Gasteiger partial charge in [0.25, 0.3) is 11.8 Å². The molecule has 0 N–H and O–H groups in total. The zero-order chi connectivity index (χ0) is 13.1. The number of amides is 2. The van der Waals surface area contributed by atoms with Gasteiger partial charge in [-0.2, -0.15) is 0 Å². The van der Waals surface area contributed by atoms with E-state index in [1.165, 1.54) is 31.2 Å². The van der Waals surface area contributed by atoms with Crippen LogP contribution in [0.3, 0.4) is 0 Å². The van der Waals surface area contributed by atoms with Crippen LogP contribution in [-0.4, -0.2) is 23.8 Å². The van der Waals surface area contributed by atoms with E-state index < -0.39 is 0 Å². The number of carbonyl (C=O) groups is 2. The minimum Gasteiger partial charge on any atom is -0.277 e. The van der Waals surface area contributed by atoms with Crippen molar-refractivity contribution in [2.45, 2.75) is 39.0 Å². The third-order valence-corrected chi connectivity index (χ3v) is 3.47. The molecule has 3 heteroatoms. The van der Waals surface area contributed by atoms with E-state index in [-0.39, 0.29) is 11.8 Å². The lowest BCUT2D eigenvalue weighted by Gasteiger charge is -2.03. The van der Waals surface area contributed by atoms with Crippen molar-refractivity contribution in [3.63, 3.8) is 0 Å². The SMILES string of the molecule is CCCCCCc1ccc2c(c1)C(=O)N(C)C2=O. The average molecular weight is 245 g/mol. The van der Waals surface area contributed by atoms with E-state index in [1.54, 1.807) is 6.07 Å². The minimum absolute atomic E-state index is 0.176. The van der Waals surface area contributed by atoms with Gasteiger partial charge in [0, 0.05) is 7.05 Å². The topological polar surface area (TPSA) is 37.4 Å². The number of nitrogens with zero attached hydrogens (tertiary/aromatic N) is 1. The van der Waals surface area contributed by atoms with Crippen molar-refractivity contribution < 1.29 is 9.59 Å². The van der Waals surface area contributed by atoms with E-state index in [1.807, 2.05) is 12.1 Å². The Labute approximate surface area is 108 Å². The number of rotatable bonds is 5. The fraction of sp³-hybridized carbons (Fsp3) is 0.467. The molecule has 1 aliphatic rings.